The number of benzene rings is 1. The molecule has 1 unspecified atom stereocenters. The Bertz CT molecular complexity index is 357. The van der Waals surface area contributed by atoms with Gasteiger partial charge in [-0.1, -0.05) is 12.7 Å². The van der Waals surface area contributed by atoms with Gasteiger partial charge >= 0.3 is 0 Å². The number of rotatable bonds is 4. The molecular weight excluding hydrogens is 188 g/mol. The third-order valence-electron chi connectivity index (χ3n) is 2.25. The summed E-state index contributed by atoms with van der Waals surface area (Å²) in [5.74, 6) is 0.841. The highest BCUT2D eigenvalue weighted by molar-refractivity contribution is 5.76. The fraction of sp³-hybridized carbons (Fsp3) is 0.308. The zero-order valence-electron chi connectivity index (χ0n) is 9.41. The number of aryl methyl sites for hydroxylation is 2. The van der Waals surface area contributed by atoms with E-state index < -0.39 is 0 Å². The normalized spacial score (nSPS) is 11.9. The molecule has 0 spiro atoms. The minimum Gasteiger partial charge on any atom is -0.486 e. The summed E-state index contributed by atoms with van der Waals surface area (Å²) in [7, 11) is 0. The number of hydrogen-bond donors (Lipinski definition) is 0. The molecule has 0 radical (unpaired) electrons. The second-order valence-corrected chi connectivity index (χ2v) is 3.66. The first-order chi connectivity index (χ1) is 7.08. The van der Waals surface area contributed by atoms with Gasteiger partial charge < -0.3 is 4.74 Å². The van der Waals surface area contributed by atoms with Gasteiger partial charge in [0.2, 0.25) is 0 Å². The SMILES string of the molecule is C=CC(C)Oc1c(C)cc(C=O)cc1C. The van der Waals surface area contributed by atoms with Crippen molar-refractivity contribution in [1.82, 2.24) is 0 Å². The Kier molecular flexibility index (Phi) is 3.67. The Morgan fingerprint density at radius 3 is 2.27 bits per heavy atom. The van der Waals surface area contributed by atoms with E-state index in [1.807, 2.05) is 32.9 Å². The van der Waals surface area contributed by atoms with Gasteiger partial charge in [0, 0.05) is 5.56 Å². The number of aldehydes is 1. The molecule has 1 atom stereocenters. The highest BCUT2D eigenvalue weighted by Gasteiger charge is 2.08. The summed E-state index contributed by atoms with van der Waals surface area (Å²) >= 11 is 0. The standard InChI is InChI=1S/C13H16O2/c1-5-11(4)15-13-9(2)6-12(8-14)7-10(13)3/h5-8,11H,1H2,2-4H3. The molecule has 0 aliphatic carbocycles. The van der Waals surface area contributed by atoms with Crippen LogP contribution in [0.1, 0.15) is 28.4 Å². The fourth-order valence-corrected chi connectivity index (χ4v) is 1.47. The first-order valence-electron chi connectivity index (χ1n) is 4.94. The first kappa shape index (κ1) is 11.5. The third-order valence-corrected chi connectivity index (χ3v) is 2.25. The van der Waals surface area contributed by atoms with Crippen LogP contribution in [0.25, 0.3) is 0 Å². The highest BCUT2D eigenvalue weighted by Crippen LogP contribution is 2.25. The van der Waals surface area contributed by atoms with Crippen molar-refractivity contribution in [2.24, 2.45) is 0 Å². The molecule has 0 amide bonds. The molecule has 0 bridgehead atoms. The summed E-state index contributed by atoms with van der Waals surface area (Å²) in [4.78, 5) is 10.6. The third kappa shape index (κ3) is 2.69. The van der Waals surface area contributed by atoms with Crippen LogP contribution >= 0.6 is 0 Å². The Morgan fingerprint density at radius 2 is 1.87 bits per heavy atom. The second kappa shape index (κ2) is 4.78. The maximum Gasteiger partial charge on any atom is 0.150 e. The Labute approximate surface area is 90.6 Å². The molecule has 0 saturated heterocycles. The minimum absolute atomic E-state index is 0.0236. The Balaban J connectivity index is 3.07. The molecule has 0 aromatic heterocycles. The van der Waals surface area contributed by atoms with E-state index in [9.17, 15) is 4.79 Å². The number of carbonyl (C=O) groups excluding carboxylic acids is 1. The van der Waals surface area contributed by atoms with E-state index in [4.69, 9.17) is 4.74 Å². The van der Waals surface area contributed by atoms with Crippen molar-refractivity contribution >= 4 is 6.29 Å². The van der Waals surface area contributed by atoms with Crippen LogP contribution < -0.4 is 4.74 Å². The van der Waals surface area contributed by atoms with Gasteiger partial charge in [-0.2, -0.15) is 0 Å². The molecular formula is C13H16O2. The lowest BCUT2D eigenvalue weighted by Gasteiger charge is -2.15. The van der Waals surface area contributed by atoms with Gasteiger partial charge in [-0.3, -0.25) is 4.79 Å². The van der Waals surface area contributed by atoms with Crippen LogP contribution in [-0.4, -0.2) is 12.4 Å². The highest BCUT2D eigenvalue weighted by atomic mass is 16.5. The average molecular weight is 204 g/mol. The van der Waals surface area contributed by atoms with E-state index in [1.54, 1.807) is 6.08 Å². The zero-order valence-corrected chi connectivity index (χ0v) is 9.41. The molecule has 0 heterocycles. The van der Waals surface area contributed by atoms with E-state index >= 15 is 0 Å². The van der Waals surface area contributed by atoms with Crippen molar-refractivity contribution < 1.29 is 9.53 Å². The van der Waals surface area contributed by atoms with Crippen molar-refractivity contribution in [1.29, 1.82) is 0 Å². The average Bonchev–Trinajstić information content (AvgIpc) is 2.22. The fourth-order valence-electron chi connectivity index (χ4n) is 1.47. The lowest BCUT2D eigenvalue weighted by Crippen LogP contribution is -2.09. The maximum atomic E-state index is 10.6. The zero-order chi connectivity index (χ0) is 11.4. The van der Waals surface area contributed by atoms with Crippen LogP contribution in [-0.2, 0) is 0 Å². The van der Waals surface area contributed by atoms with Crippen LogP contribution in [0.3, 0.4) is 0 Å². The van der Waals surface area contributed by atoms with Crippen LogP contribution in [0.4, 0.5) is 0 Å². The van der Waals surface area contributed by atoms with E-state index in [1.165, 1.54) is 0 Å². The quantitative estimate of drug-likeness (QED) is 0.556. The Hall–Kier alpha value is -1.57. The van der Waals surface area contributed by atoms with Gasteiger partial charge in [0.1, 0.15) is 18.1 Å². The molecule has 15 heavy (non-hydrogen) atoms. The monoisotopic (exact) mass is 204 g/mol. The summed E-state index contributed by atoms with van der Waals surface area (Å²) in [5.41, 5.74) is 2.64. The first-order valence-corrected chi connectivity index (χ1v) is 4.94. The molecule has 1 rings (SSSR count). The summed E-state index contributed by atoms with van der Waals surface area (Å²) < 4.78 is 5.69. The number of carbonyl (C=O) groups is 1. The molecule has 0 fully saturated rings. The van der Waals surface area contributed by atoms with E-state index in [2.05, 4.69) is 6.58 Å². The smallest absolute Gasteiger partial charge is 0.150 e. The van der Waals surface area contributed by atoms with Gasteiger partial charge in [0.15, 0.2) is 0 Å². The van der Waals surface area contributed by atoms with Crippen LogP contribution in [0, 0.1) is 13.8 Å². The summed E-state index contributed by atoms with van der Waals surface area (Å²) in [5, 5.41) is 0. The Morgan fingerprint density at radius 1 is 1.33 bits per heavy atom. The number of ether oxygens (including phenoxy) is 1. The van der Waals surface area contributed by atoms with E-state index in [0.29, 0.717) is 5.56 Å². The topological polar surface area (TPSA) is 26.3 Å². The van der Waals surface area contributed by atoms with E-state index in [0.717, 1.165) is 23.2 Å². The molecule has 80 valence electrons. The van der Waals surface area contributed by atoms with Crippen molar-refractivity contribution in [3.8, 4) is 5.75 Å². The molecule has 0 aliphatic rings. The van der Waals surface area contributed by atoms with Crippen LogP contribution in [0.15, 0.2) is 24.8 Å². The molecule has 1 aromatic rings. The molecule has 0 saturated carbocycles. The summed E-state index contributed by atoms with van der Waals surface area (Å²) in [6.07, 6.45) is 2.57. The van der Waals surface area contributed by atoms with Gasteiger partial charge in [0.05, 0.1) is 0 Å². The molecule has 2 nitrogen and oxygen atoms in total. The lowest BCUT2D eigenvalue weighted by molar-refractivity contribution is 0.112. The minimum atomic E-state index is -0.0236. The van der Waals surface area contributed by atoms with E-state index in [-0.39, 0.29) is 6.10 Å². The largest absolute Gasteiger partial charge is 0.486 e. The van der Waals surface area contributed by atoms with Gasteiger partial charge in [-0.25, -0.2) is 0 Å². The van der Waals surface area contributed by atoms with Gasteiger partial charge in [0.25, 0.3) is 0 Å². The van der Waals surface area contributed by atoms with Crippen molar-refractivity contribution in [2.45, 2.75) is 26.9 Å². The maximum absolute atomic E-state index is 10.6. The lowest BCUT2D eigenvalue weighted by atomic mass is 10.1. The predicted octanol–water partition coefficient (Wildman–Crippen LogP) is 3.07. The van der Waals surface area contributed by atoms with Crippen molar-refractivity contribution in [2.75, 3.05) is 0 Å². The molecule has 1 aromatic carbocycles. The van der Waals surface area contributed by atoms with Crippen LogP contribution in [0.5, 0.6) is 5.75 Å². The predicted molar refractivity (Wildman–Crippen MR) is 61.6 cm³/mol. The summed E-state index contributed by atoms with van der Waals surface area (Å²) in [6, 6.07) is 3.65. The number of hydrogen-bond acceptors (Lipinski definition) is 2. The van der Waals surface area contributed by atoms with Gasteiger partial charge in [-0.05, 0) is 44.0 Å². The van der Waals surface area contributed by atoms with Crippen molar-refractivity contribution in [3.63, 3.8) is 0 Å². The second-order valence-electron chi connectivity index (χ2n) is 3.66. The molecule has 2 heteroatoms. The van der Waals surface area contributed by atoms with Crippen molar-refractivity contribution in [3.05, 3.63) is 41.5 Å². The molecule has 0 N–H and O–H groups in total. The van der Waals surface area contributed by atoms with Gasteiger partial charge in [-0.15, -0.1) is 0 Å². The molecule has 0 aliphatic heterocycles. The summed E-state index contributed by atoms with van der Waals surface area (Å²) in [6.45, 7) is 9.47. The van der Waals surface area contributed by atoms with Crippen LogP contribution in [0.2, 0.25) is 0 Å².